The molecule has 3 nitrogen and oxygen atoms in total. The Bertz CT molecular complexity index is 425. The predicted molar refractivity (Wildman–Crippen MR) is 66.3 cm³/mol. The van der Waals surface area contributed by atoms with Gasteiger partial charge in [0.1, 0.15) is 0 Å². The largest absolute Gasteiger partial charge is 0.306 e. The first-order valence-electron chi connectivity index (χ1n) is 5.42. The van der Waals surface area contributed by atoms with Crippen LogP contribution in [0.2, 0.25) is 0 Å². The number of thiazole rings is 1. The topological polar surface area (TPSA) is 37.8 Å². The molecule has 0 aliphatic rings. The van der Waals surface area contributed by atoms with Gasteiger partial charge in [-0.3, -0.25) is 4.98 Å². The van der Waals surface area contributed by atoms with E-state index in [1.54, 1.807) is 11.3 Å². The lowest BCUT2D eigenvalue weighted by Gasteiger charge is -2.01. The molecule has 2 aromatic heterocycles. The van der Waals surface area contributed by atoms with Gasteiger partial charge in [-0.1, -0.05) is 13.0 Å². The Morgan fingerprint density at radius 3 is 2.88 bits per heavy atom. The van der Waals surface area contributed by atoms with Crippen LogP contribution < -0.4 is 5.32 Å². The van der Waals surface area contributed by atoms with Gasteiger partial charge < -0.3 is 5.32 Å². The van der Waals surface area contributed by atoms with Crippen LogP contribution in [0.5, 0.6) is 0 Å². The summed E-state index contributed by atoms with van der Waals surface area (Å²) in [5.41, 5.74) is 1.07. The van der Waals surface area contributed by atoms with Crippen molar-refractivity contribution >= 4 is 11.3 Å². The maximum atomic E-state index is 4.32. The van der Waals surface area contributed by atoms with E-state index in [-0.39, 0.29) is 0 Å². The van der Waals surface area contributed by atoms with Crippen molar-refractivity contribution in [2.24, 2.45) is 0 Å². The van der Waals surface area contributed by atoms with Crippen LogP contribution in [0.3, 0.4) is 0 Å². The van der Waals surface area contributed by atoms with Crippen molar-refractivity contribution in [1.82, 2.24) is 15.3 Å². The van der Waals surface area contributed by atoms with E-state index in [1.807, 2.05) is 30.6 Å². The normalized spacial score (nSPS) is 10.6. The van der Waals surface area contributed by atoms with Crippen LogP contribution in [-0.2, 0) is 19.5 Å². The Hall–Kier alpha value is -1.26. The second kappa shape index (κ2) is 5.72. The van der Waals surface area contributed by atoms with Crippen molar-refractivity contribution < 1.29 is 0 Å². The summed E-state index contributed by atoms with van der Waals surface area (Å²) < 4.78 is 0. The van der Waals surface area contributed by atoms with E-state index in [9.17, 15) is 0 Å². The van der Waals surface area contributed by atoms with Crippen LogP contribution >= 0.6 is 11.3 Å². The van der Waals surface area contributed by atoms with Crippen molar-refractivity contribution in [3.63, 3.8) is 0 Å². The van der Waals surface area contributed by atoms with Gasteiger partial charge in [-0.05, 0) is 18.6 Å². The molecule has 0 aliphatic heterocycles. The van der Waals surface area contributed by atoms with Gasteiger partial charge in [0.2, 0.25) is 0 Å². The third-order valence-electron chi connectivity index (χ3n) is 2.24. The molecule has 0 amide bonds. The molecule has 2 heterocycles. The van der Waals surface area contributed by atoms with E-state index >= 15 is 0 Å². The minimum atomic E-state index is 0.806. The fourth-order valence-corrected chi connectivity index (χ4v) is 2.24. The van der Waals surface area contributed by atoms with Crippen molar-refractivity contribution in [2.45, 2.75) is 26.4 Å². The number of nitrogens with one attached hydrogen (secondary N) is 1. The summed E-state index contributed by atoms with van der Waals surface area (Å²) in [6.45, 7) is 3.80. The molecule has 0 radical (unpaired) electrons. The Morgan fingerprint density at radius 2 is 2.19 bits per heavy atom. The van der Waals surface area contributed by atoms with E-state index in [4.69, 9.17) is 0 Å². The first-order chi connectivity index (χ1) is 7.88. The summed E-state index contributed by atoms with van der Waals surface area (Å²) >= 11 is 1.77. The lowest BCUT2D eigenvalue weighted by molar-refractivity contribution is 0.686. The van der Waals surface area contributed by atoms with Gasteiger partial charge in [-0.15, -0.1) is 11.3 Å². The number of nitrogens with zero attached hydrogens (tertiary/aromatic N) is 2. The third kappa shape index (κ3) is 3.12. The zero-order valence-corrected chi connectivity index (χ0v) is 10.1. The highest BCUT2D eigenvalue weighted by molar-refractivity contribution is 7.11. The first-order valence-corrected chi connectivity index (χ1v) is 6.24. The van der Waals surface area contributed by atoms with Crippen LogP contribution in [0.25, 0.3) is 0 Å². The number of hydrogen-bond donors (Lipinski definition) is 1. The number of hydrogen-bond acceptors (Lipinski definition) is 4. The highest BCUT2D eigenvalue weighted by atomic mass is 32.1. The standard InChI is InChI=1S/C12H15N3S/c1-2-12-15-9-11(16-12)8-13-7-10-5-3-4-6-14-10/h3-6,9,13H,2,7-8H2,1H3. The summed E-state index contributed by atoms with van der Waals surface area (Å²) in [7, 11) is 0. The average Bonchev–Trinajstić information content (AvgIpc) is 2.78. The summed E-state index contributed by atoms with van der Waals surface area (Å²) in [6.07, 6.45) is 4.79. The second-order valence-corrected chi connectivity index (χ2v) is 4.70. The molecule has 0 atom stereocenters. The Morgan fingerprint density at radius 1 is 1.25 bits per heavy atom. The number of pyridine rings is 1. The molecular formula is C12H15N3S. The van der Waals surface area contributed by atoms with Gasteiger partial charge in [-0.2, -0.15) is 0 Å². The van der Waals surface area contributed by atoms with Crippen LogP contribution in [0.1, 0.15) is 22.5 Å². The molecule has 0 aromatic carbocycles. The van der Waals surface area contributed by atoms with Crippen molar-refractivity contribution in [3.8, 4) is 0 Å². The van der Waals surface area contributed by atoms with E-state index in [0.29, 0.717) is 0 Å². The molecule has 0 bridgehead atoms. The zero-order chi connectivity index (χ0) is 11.2. The quantitative estimate of drug-likeness (QED) is 0.861. The molecular weight excluding hydrogens is 218 g/mol. The first kappa shape index (κ1) is 11.2. The van der Waals surface area contributed by atoms with E-state index in [0.717, 1.165) is 25.2 Å². The zero-order valence-electron chi connectivity index (χ0n) is 9.31. The summed E-state index contributed by atoms with van der Waals surface area (Å²) in [5, 5.41) is 4.57. The smallest absolute Gasteiger partial charge is 0.0925 e. The molecule has 84 valence electrons. The minimum Gasteiger partial charge on any atom is -0.306 e. The summed E-state index contributed by atoms with van der Waals surface area (Å²) in [5.74, 6) is 0. The third-order valence-corrected chi connectivity index (χ3v) is 3.38. The number of rotatable bonds is 5. The summed E-state index contributed by atoms with van der Waals surface area (Å²) in [6, 6.07) is 5.96. The maximum Gasteiger partial charge on any atom is 0.0925 e. The van der Waals surface area contributed by atoms with Gasteiger partial charge in [0, 0.05) is 30.4 Å². The molecule has 0 unspecified atom stereocenters. The van der Waals surface area contributed by atoms with E-state index in [1.165, 1.54) is 9.88 Å². The van der Waals surface area contributed by atoms with Crippen LogP contribution in [0.4, 0.5) is 0 Å². The molecule has 0 aliphatic carbocycles. The molecule has 2 rings (SSSR count). The van der Waals surface area contributed by atoms with Crippen molar-refractivity contribution in [1.29, 1.82) is 0 Å². The van der Waals surface area contributed by atoms with Gasteiger partial charge in [0.15, 0.2) is 0 Å². The monoisotopic (exact) mass is 233 g/mol. The molecule has 1 N–H and O–H groups in total. The molecule has 2 aromatic rings. The van der Waals surface area contributed by atoms with Crippen LogP contribution in [0.15, 0.2) is 30.6 Å². The Balaban J connectivity index is 1.80. The molecule has 0 saturated carbocycles. The highest BCUT2D eigenvalue weighted by Gasteiger charge is 1.99. The second-order valence-electron chi connectivity index (χ2n) is 3.50. The van der Waals surface area contributed by atoms with Crippen molar-refractivity contribution in [2.75, 3.05) is 0 Å². The van der Waals surface area contributed by atoms with Crippen molar-refractivity contribution in [3.05, 3.63) is 46.2 Å². The fraction of sp³-hybridized carbons (Fsp3) is 0.333. The lowest BCUT2D eigenvalue weighted by atomic mass is 10.3. The predicted octanol–water partition coefficient (Wildman–Crippen LogP) is 2.39. The highest BCUT2D eigenvalue weighted by Crippen LogP contribution is 2.12. The number of aromatic nitrogens is 2. The molecule has 16 heavy (non-hydrogen) atoms. The summed E-state index contributed by atoms with van der Waals surface area (Å²) in [4.78, 5) is 9.86. The maximum absolute atomic E-state index is 4.32. The van der Waals surface area contributed by atoms with Gasteiger partial charge in [0.05, 0.1) is 10.7 Å². The average molecular weight is 233 g/mol. The Labute approximate surface area is 99.6 Å². The SMILES string of the molecule is CCc1ncc(CNCc2ccccn2)s1. The van der Waals surface area contributed by atoms with Gasteiger partial charge in [0.25, 0.3) is 0 Å². The van der Waals surface area contributed by atoms with E-state index < -0.39 is 0 Å². The molecule has 0 fully saturated rings. The lowest BCUT2D eigenvalue weighted by Crippen LogP contribution is -2.12. The molecule has 4 heteroatoms. The molecule has 0 spiro atoms. The minimum absolute atomic E-state index is 0.806. The van der Waals surface area contributed by atoms with Crippen LogP contribution in [0, 0.1) is 0 Å². The molecule has 0 saturated heterocycles. The van der Waals surface area contributed by atoms with Gasteiger partial charge in [-0.25, -0.2) is 4.98 Å². The van der Waals surface area contributed by atoms with Gasteiger partial charge >= 0.3 is 0 Å². The van der Waals surface area contributed by atoms with Crippen LogP contribution in [-0.4, -0.2) is 9.97 Å². The number of aryl methyl sites for hydroxylation is 1. The fourth-order valence-electron chi connectivity index (χ4n) is 1.41. The Kier molecular flexibility index (Phi) is 4.02. The van der Waals surface area contributed by atoms with E-state index in [2.05, 4.69) is 22.2 Å².